The van der Waals surface area contributed by atoms with Crippen molar-refractivity contribution in [3.63, 3.8) is 0 Å². The molecule has 0 heterocycles. The Labute approximate surface area is 119 Å². The Balaban J connectivity index is 2.70. The molecule has 0 aliphatic rings. The molecule has 1 rings (SSSR count). The Morgan fingerprint density at radius 3 is 2.68 bits per heavy atom. The van der Waals surface area contributed by atoms with Crippen molar-refractivity contribution in [1.82, 2.24) is 0 Å². The molecule has 0 aromatic heterocycles. The van der Waals surface area contributed by atoms with Gasteiger partial charge < -0.3 is 9.84 Å². The van der Waals surface area contributed by atoms with Gasteiger partial charge in [-0.1, -0.05) is 6.07 Å². The van der Waals surface area contributed by atoms with Gasteiger partial charge in [0.15, 0.2) is 9.84 Å². The molecule has 19 heavy (non-hydrogen) atoms. The van der Waals surface area contributed by atoms with Crippen LogP contribution >= 0.6 is 15.9 Å². The molecule has 0 aliphatic carbocycles. The number of hydrogen-bond donors (Lipinski definition) is 1. The minimum Gasteiger partial charge on any atom is -0.491 e. The third kappa shape index (κ3) is 6.40. The van der Waals surface area contributed by atoms with E-state index in [2.05, 4.69) is 15.9 Å². The van der Waals surface area contributed by atoms with E-state index in [1.165, 1.54) is 6.08 Å². The molecule has 0 amide bonds. The van der Waals surface area contributed by atoms with Gasteiger partial charge >= 0.3 is 5.97 Å². The molecule has 5 nitrogen and oxygen atoms in total. The number of rotatable bonds is 6. The van der Waals surface area contributed by atoms with Crippen LogP contribution in [-0.2, 0) is 14.6 Å². The Hall–Kier alpha value is -1.34. The highest BCUT2D eigenvalue weighted by atomic mass is 79.9. The number of carboxylic acid groups (broad SMARTS) is 1. The molecular formula is C12H13BrO5S. The first kappa shape index (κ1) is 15.7. The summed E-state index contributed by atoms with van der Waals surface area (Å²) in [5, 5.41) is 8.51. The third-order valence-electron chi connectivity index (χ3n) is 2.09. The highest BCUT2D eigenvalue weighted by Crippen LogP contribution is 2.26. The van der Waals surface area contributed by atoms with Gasteiger partial charge in [0.05, 0.1) is 10.2 Å². The lowest BCUT2D eigenvalue weighted by Crippen LogP contribution is -2.12. The van der Waals surface area contributed by atoms with Gasteiger partial charge in [-0.2, -0.15) is 0 Å². The van der Waals surface area contributed by atoms with Crippen LogP contribution in [0.5, 0.6) is 5.75 Å². The second-order valence-electron chi connectivity index (χ2n) is 3.84. The van der Waals surface area contributed by atoms with Crippen LogP contribution in [0.2, 0.25) is 0 Å². The first-order chi connectivity index (χ1) is 8.78. The molecule has 0 saturated carbocycles. The molecule has 0 saturated heterocycles. The van der Waals surface area contributed by atoms with Crippen molar-refractivity contribution < 1.29 is 23.1 Å². The second kappa shape index (κ2) is 6.72. The van der Waals surface area contributed by atoms with E-state index in [4.69, 9.17) is 9.84 Å². The number of ether oxygens (including phenoxy) is 1. The van der Waals surface area contributed by atoms with Crippen molar-refractivity contribution in [3.8, 4) is 5.75 Å². The number of carboxylic acids is 1. The maximum absolute atomic E-state index is 11.0. The van der Waals surface area contributed by atoms with Crippen molar-refractivity contribution >= 4 is 37.8 Å². The fraction of sp³-hybridized carbons (Fsp3) is 0.250. The molecule has 0 unspecified atom stereocenters. The summed E-state index contributed by atoms with van der Waals surface area (Å²) in [7, 11) is -3.05. The first-order valence-corrected chi connectivity index (χ1v) is 8.14. The summed E-state index contributed by atoms with van der Waals surface area (Å²) < 4.78 is 27.9. The lowest BCUT2D eigenvalue weighted by atomic mass is 10.2. The number of hydrogen-bond acceptors (Lipinski definition) is 4. The minimum atomic E-state index is -3.05. The van der Waals surface area contributed by atoms with Crippen LogP contribution in [0.1, 0.15) is 5.56 Å². The van der Waals surface area contributed by atoms with E-state index < -0.39 is 15.8 Å². The van der Waals surface area contributed by atoms with E-state index in [1.54, 1.807) is 18.2 Å². The maximum atomic E-state index is 11.0. The van der Waals surface area contributed by atoms with Gasteiger partial charge in [0.2, 0.25) is 0 Å². The maximum Gasteiger partial charge on any atom is 0.328 e. The number of sulfone groups is 1. The molecule has 7 heteroatoms. The standard InChI is InChI=1S/C12H13BrO5S/c1-19(16,17)7-6-18-11-4-2-9(8-10(11)13)3-5-12(14)15/h2-5,8H,6-7H2,1H3,(H,14,15). The summed E-state index contributed by atoms with van der Waals surface area (Å²) in [5.41, 5.74) is 0.699. The Morgan fingerprint density at radius 2 is 2.16 bits per heavy atom. The van der Waals surface area contributed by atoms with Crippen molar-refractivity contribution in [2.75, 3.05) is 18.6 Å². The minimum absolute atomic E-state index is 0.0554. The lowest BCUT2D eigenvalue weighted by molar-refractivity contribution is -0.131. The quantitative estimate of drug-likeness (QED) is 0.795. The molecule has 0 bridgehead atoms. The predicted molar refractivity (Wildman–Crippen MR) is 76.0 cm³/mol. The van der Waals surface area contributed by atoms with E-state index in [1.807, 2.05) is 0 Å². The van der Waals surface area contributed by atoms with Gasteiger partial charge in [0.25, 0.3) is 0 Å². The number of aliphatic carboxylic acids is 1. The van der Waals surface area contributed by atoms with Crippen LogP contribution in [-0.4, -0.2) is 38.1 Å². The lowest BCUT2D eigenvalue weighted by Gasteiger charge is -2.08. The smallest absolute Gasteiger partial charge is 0.328 e. The summed E-state index contributed by atoms with van der Waals surface area (Å²) in [4.78, 5) is 10.4. The van der Waals surface area contributed by atoms with E-state index >= 15 is 0 Å². The normalized spacial score (nSPS) is 11.7. The Bertz CT molecular complexity index is 592. The number of benzene rings is 1. The molecule has 1 aromatic carbocycles. The van der Waals surface area contributed by atoms with Crippen molar-refractivity contribution in [1.29, 1.82) is 0 Å². The van der Waals surface area contributed by atoms with Crippen LogP contribution < -0.4 is 4.74 Å². The van der Waals surface area contributed by atoms with Gasteiger partial charge in [0, 0.05) is 12.3 Å². The van der Waals surface area contributed by atoms with Crippen molar-refractivity contribution in [2.24, 2.45) is 0 Å². The molecule has 0 fully saturated rings. The zero-order valence-electron chi connectivity index (χ0n) is 10.2. The monoisotopic (exact) mass is 348 g/mol. The molecule has 104 valence electrons. The fourth-order valence-electron chi connectivity index (χ4n) is 1.21. The van der Waals surface area contributed by atoms with Gasteiger partial charge in [-0.3, -0.25) is 0 Å². The Kier molecular flexibility index (Phi) is 5.56. The highest BCUT2D eigenvalue weighted by Gasteiger charge is 2.05. The summed E-state index contributed by atoms with van der Waals surface area (Å²) in [6.45, 7) is 0.0712. The van der Waals surface area contributed by atoms with Gasteiger partial charge in [-0.05, 0) is 39.7 Å². The van der Waals surface area contributed by atoms with E-state index in [0.717, 1.165) is 12.3 Å². The predicted octanol–water partition coefficient (Wildman–Crippen LogP) is 1.97. The summed E-state index contributed by atoms with van der Waals surface area (Å²) in [6.07, 6.45) is 3.63. The van der Waals surface area contributed by atoms with Crippen LogP contribution in [0.4, 0.5) is 0 Å². The molecule has 1 N–H and O–H groups in total. The molecule has 0 radical (unpaired) electrons. The molecular weight excluding hydrogens is 336 g/mol. The topological polar surface area (TPSA) is 80.7 Å². The fourth-order valence-corrected chi connectivity index (χ4v) is 2.11. The Morgan fingerprint density at radius 1 is 1.47 bits per heavy atom. The summed E-state index contributed by atoms with van der Waals surface area (Å²) >= 11 is 3.28. The first-order valence-electron chi connectivity index (χ1n) is 5.29. The molecule has 0 aliphatic heterocycles. The number of carbonyl (C=O) groups is 1. The molecule has 0 atom stereocenters. The largest absolute Gasteiger partial charge is 0.491 e. The zero-order chi connectivity index (χ0) is 14.5. The average Bonchev–Trinajstić information content (AvgIpc) is 2.27. The highest BCUT2D eigenvalue weighted by molar-refractivity contribution is 9.10. The van der Waals surface area contributed by atoms with E-state index in [0.29, 0.717) is 15.8 Å². The second-order valence-corrected chi connectivity index (χ2v) is 6.95. The third-order valence-corrected chi connectivity index (χ3v) is 3.61. The van der Waals surface area contributed by atoms with Crippen LogP contribution in [0.3, 0.4) is 0 Å². The van der Waals surface area contributed by atoms with E-state index in [9.17, 15) is 13.2 Å². The van der Waals surface area contributed by atoms with Gasteiger partial charge in [-0.25, -0.2) is 13.2 Å². The van der Waals surface area contributed by atoms with Crippen molar-refractivity contribution in [3.05, 3.63) is 34.3 Å². The van der Waals surface area contributed by atoms with Crippen LogP contribution in [0.15, 0.2) is 28.7 Å². The SMILES string of the molecule is CS(=O)(=O)CCOc1ccc(C=CC(=O)O)cc1Br. The summed E-state index contributed by atoms with van der Waals surface area (Å²) in [5.74, 6) is -0.569. The van der Waals surface area contributed by atoms with Crippen LogP contribution in [0.25, 0.3) is 6.08 Å². The zero-order valence-corrected chi connectivity index (χ0v) is 12.6. The molecule has 0 spiro atoms. The average molecular weight is 349 g/mol. The van der Waals surface area contributed by atoms with E-state index in [-0.39, 0.29) is 12.4 Å². The number of halogens is 1. The molecule has 1 aromatic rings. The van der Waals surface area contributed by atoms with Crippen molar-refractivity contribution in [2.45, 2.75) is 0 Å². The van der Waals surface area contributed by atoms with Gasteiger partial charge in [-0.15, -0.1) is 0 Å². The van der Waals surface area contributed by atoms with Gasteiger partial charge in [0.1, 0.15) is 12.4 Å². The van der Waals surface area contributed by atoms with Crippen LogP contribution in [0, 0.1) is 0 Å². The summed E-state index contributed by atoms with van der Waals surface area (Å²) in [6, 6.07) is 5.02.